The first-order valence-electron chi connectivity index (χ1n) is 14.8. The van der Waals surface area contributed by atoms with E-state index < -0.39 is 0 Å². The Morgan fingerprint density at radius 1 is 1.17 bits per heavy atom. The number of rotatable bonds is 12. The first-order chi connectivity index (χ1) is 20.3. The molecule has 42 heavy (non-hydrogen) atoms. The van der Waals surface area contributed by atoms with E-state index in [9.17, 15) is 4.79 Å². The van der Waals surface area contributed by atoms with Crippen LogP contribution in [0.3, 0.4) is 0 Å². The van der Waals surface area contributed by atoms with Gasteiger partial charge < -0.3 is 31.4 Å². The maximum Gasteiger partial charge on any atom is 0.220 e. The number of aromatic nitrogens is 1. The predicted octanol–water partition coefficient (Wildman–Crippen LogP) is 4.34. The molecule has 1 heterocycles. The zero-order valence-corrected chi connectivity index (χ0v) is 28.1. The fourth-order valence-corrected chi connectivity index (χ4v) is 5.77. The van der Waals surface area contributed by atoms with Crippen molar-refractivity contribution >= 4 is 40.7 Å². The van der Waals surface area contributed by atoms with Crippen LogP contribution in [0.15, 0.2) is 30.4 Å². The molecule has 5 N–H and O–H groups in total. The number of hydrogen-bond donors (Lipinski definition) is 4. The van der Waals surface area contributed by atoms with Crippen molar-refractivity contribution in [1.29, 1.82) is 0 Å². The first-order valence-corrected chi connectivity index (χ1v) is 15.6. The van der Waals surface area contributed by atoms with Crippen LogP contribution in [0.25, 0.3) is 10.2 Å². The Labute approximate surface area is 259 Å². The molecule has 0 bridgehead atoms. The lowest BCUT2D eigenvalue weighted by Gasteiger charge is -2.28. The van der Waals surface area contributed by atoms with Gasteiger partial charge in [-0.3, -0.25) is 9.59 Å². The highest BCUT2D eigenvalue weighted by Gasteiger charge is 2.21. The van der Waals surface area contributed by atoms with E-state index in [2.05, 4.69) is 72.4 Å². The maximum atomic E-state index is 12.8. The predicted molar refractivity (Wildman–Crippen MR) is 180 cm³/mol. The zero-order valence-electron chi connectivity index (χ0n) is 27.3. The van der Waals surface area contributed by atoms with Gasteiger partial charge in [-0.1, -0.05) is 57.2 Å². The van der Waals surface area contributed by atoms with Gasteiger partial charge in [0, 0.05) is 32.5 Å². The monoisotopic (exact) mass is 606 g/mol. The summed E-state index contributed by atoms with van der Waals surface area (Å²) in [5.74, 6) is 0.884. The summed E-state index contributed by atoms with van der Waals surface area (Å²) in [5.41, 5.74) is 8.08. The average Bonchev–Trinajstić information content (AvgIpc) is 3.41. The Morgan fingerprint density at radius 3 is 2.29 bits per heavy atom. The van der Waals surface area contributed by atoms with Crippen LogP contribution in [0.1, 0.15) is 68.9 Å². The van der Waals surface area contributed by atoms with Crippen molar-refractivity contribution in [2.45, 2.75) is 77.2 Å². The van der Waals surface area contributed by atoms with Gasteiger partial charge in [-0.2, -0.15) is 0 Å². The van der Waals surface area contributed by atoms with Crippen molar-refractivity contribution in [3.63, 3.8) is 0 Å². The number of amides is 2. The Hall–Kier alpha value is -2.66. The van der Waals surface area contributed by atoms with E-state index in [0.717, 1.165) is 42.2 Å². The Kier molecular flexibility index (Phi) is 26.9. The van der Waals surface area contributed by atoms with Crippen LogP contribution in [-0.2, 0) is 27.2 Å². The second-order valence-corrected chi connectivity index (χ2v) is 11.5. The second-order valence-electron chi connectivity index (χ2n) is 10.4. The minimum absolute atomic E-state index is 0.145. The third-order valence-corrected chi connectivity index (χ3v) is 7.45. The lowest BCUT2D eigenvalue weighted by Crippen LogP contribution is -2.37. The molecule has 1 aromatic carbocycles. The Bertz CT molecular complexity index is 976. The number of carbonyl (C=O) groups excluding carboxylic acids is 3. The standard InChI is InChI=1S/C26H39N3OS.C2H5NO.C2H7N.CH5N.CH2O/c1-5-20-11-12-23-24(17-20)31-26(28-23)14-13-25(30)27-22(15-19(2)18-29(3)4)16-21-9-7-6-8-10-21;1-3-2-4;1-3-2;2*1-2/h11-12,17,21-22H,2,5-10,13-16,18H2,1,3-4H3,(H,27,30);2H,1H3,(H,3,4);3H,1-2H3;2H2,1H3;1H2. The molecular formula is C32H58N6O3S. The molecule has 1 atom stereocenters. The molecule has 0 radical (unpaired) electrons. The van der Waals surface area contributed by atoms with E-state index in [4.69, 9.17) is 14.6 Å². The summed E-state index contributed by atoms with van der Waals surface area (Å²) in [6, 6.07) is 6.68. The molecule has 1 aromatic heterocycles. The number of thiazole rings is 1. The Morgan fingerprint density at radius 2 is 1.76 bits per heavy atom. The number of fused-ring (bicyclic) bond motifs is 1. The lowest BCUT2D eigenvalue weighted by atomic mass is 9.83. The summed E-state index contributed by atoms with van der Waals surface area (Å²) in [6.07, 6.45) is 11.5. The zero-order chi connectivity index (χ0) is 32.3. The maximum absolute atomic E-state index is 12.8. The van der Waals surface area contributed by atoms with Crippen LogP contribution < -0.4 is 21.7 Å². The largest absolute Gasteiger partial charge is 0.362 e. The summed E-state index contributed by atoms with van der Waals surface area (Å²) in [7, 11) is 11.0. The molecule has 2 aromatic rings. The van der Waals surface area contributed by atoms with E-state index in [0.29, 0.717) is 19.3 Å². The minimum atomic E-state index is 0.145. The molecule has 240 valence electrons. The average molecular weight is 607 g/mol. The van der Waals surface area contributed by atoms with Gasteiger partial charge in [0.25, 0.3) is 0 Å². The molecule has 1 aliphatic rings. The molecule has 1 saturated carbocycles. The van der Waals surface area contributed by atoms with Crippen molar-refractivity contribution in [2.24, 2.45) is 11.7 Å². The molecule has 9 nitrogen and oxygen atoms in total. The van der Waals surface area contributed by atoms with Crippen molar-refractivity contribution < 1.29 is 14.4 Å². The van der Waals surface area contributed by atoms with E-state index in [-0.39, 0.29) is 11.9 Å². The number of nitrogens with zero attached hydrogens (tertiary/aromatic N) is 2. The summed E-state index contributed by atoms with van der Waals surface area (Å²) in [5, 5.41) is 9.40. The third-order valence-electron chi connectivity index (χ3n) is 6.37. The van der Waals surface area contributed by atoms with Gasteiger partial charge in [0.15, 0.2) is 0 Å². The second kappa shape index (κ2) is 27.2. The third kappa shape index (κ3) is 19.5. The Balaban J connectivity index is 0. The van der Waals surface area contributed by atoms with Gasteiger partial charge in [0.1, 0.15) is 6.79 Å². The number of nitrogens with one attached hydrogen (secondary N) is 3. The molecule has 1 unspecified atom stereocenters. The highest BCUT2D eigenvalue weighted by molar-refractivity contribution is 7.18. The van der Waals surface area contributed by atoms with Crippen LogP contribution in [-0.4, -0.2) is 83.9 Å². The minimum Gasteiger partial charge on any atom is -0.362 e. The highest BCUT2D eigenvalue weighted by atomic mass is 32.1. The molecule has 0 aliphatic heterocycles. The van der Waals surface area contributed by atoms with Gasteiger partial charge in [-0.15, -0.1) is 11.3 Å². The normalized spacial score (nSPS) is 13.0. The summed E-state index contributed by atoms with van der Waals surface area (Å²) in [4.78, 5) is 36.8. The van der Waals surface area contributed by atoms with Crippen molar-refractivity contribution in [1.82, 2.24) is 25.8 Å². The van der Waals surface area contributed by atoms with Gasteiger partial charge in [0.05, 0.1) is 15.2 Å². The number of hydrogen-bond acceptors (Lipinski definition) is 8. The molecule has 1 fully saturated rings. The summed E-state index contributed by atoms with van der Waals surface area (Å²) in [6.45, 7) is 9.31. The fourth-order valence-electron chi connectivity index (χ4n) is 4.74. The van der Waals surface area contributed by atoms with E-state index >= 15 is 0 Å². The highest BCUT2D eigenvalue weighted by Crippen LogP contribution is 2.29. The molecule has 3 rings (SSSR count). The van der Waals surface area contributed by atoms with E-state index in [1.54, 1.807) is 18.4 Å². The topological polar surface area (TPSA) is 129 Å². The number of likely N-dealkylation sites (N-methyl/N-ethyl adjacent to an activating group) is 1. The molecule has 0 spiro atoms. The number of nitrogens with two attached hydrogens (primary N) is 1. The molecular weight excluding hydrogens is 548 g/mol. The molecule has 0 saturated heterocycles. The van der Waals surface area contributed by atoms with E-state index in [1.165, 1.54) is 55.0 Å². The van der Waals surface area contributed by atoms with Gasteiger partial charge >= 0.3 is 0 Å². The van der Waals surface area contributed by atoms with Gasteiger partial charge in [-0.25, -0.2) is 4.98 Å². The van der Waals surface area contributed by atoms with Crippen LogP contribution in [0.5, 0.6) is 0 Å². The number of benzene rings is 1. The van der Waals surface area contributed by atoms with Crippen molar-refractivity contribution in [2.75, 3.05) is 48.8 Å². The van der Waals surface area contributed by atoms with Crippen molar-refractivity contribution in [3.8, 4) is 0 Å². The fraction of sp³-hybridized carbons (Fsp3) is 0.625. The summed E-state index contributed by atoms with van der Waals surface area (Å²) < 4.78 is 1.23. The smallest absolute Gasteiger partial charge is 0.220 e. The quantitative estimate of drug-likeness (QED) is 0.209. The van der Waals surface area contributed by atoms with Gasteiger partial charge in [0.2, 0.25) is 12.3 Å². The van der Waals surface area contributed by atoms with Crippen LogP contribution in [0.4, 0.5) is 0 Å². The lowest BCUT2D eigenvalue weighted by molar-refractivity contribution is -0.122. The van der Waals surface area contributed by atoms with Crippen LogP contribution in [0, 0.1) is 5.92 Å². The summed E-state index contributed by atoms with van der Waals surface area (Å²) >= 11 is 1.72. The van der Waals surface area contributed by atoms with Gasteiger partial charge in [-0.05, 0) is 78.1 Å². The van der Waals surface area contributed by atoms with Crippen molar-refractivity contribution in [3.05, 3.63) is 40.9 Å². The van der Waals surface area contributed by atoms with Crippen LogP contribution in [0.2, 0.25) is 0 Å². The SMILES string of the molecule is C=C(CC(CC1CCCCC1)NC(=O)CCc1nc2ccc(CC)cc2s1)CN(C)C.C=O.CN.CNC.CNC=O. The van der Waals surface area contributed by atoms with Crippen LogP contribution >= 0.6 is 11.3 Å². The number of aryl methyl sites for hydroxylation is 2. The molecule has 1 aliphatic carbocycles. The molecule has 10 heteroatoms. The van der Waals surface area contributed by atoms with E-state index in [1.807, 2.05) is 20.9 Å². The number of carbonyl (C=O) groups is 3. The first kappa shape index (κ1) is 41.5. The molecule has 2 amide bonds.